The number of rotatable bonds is 5. The van der Waals surface area contributed by atoms with E-state index in [4.69, 9.17) is 0 Å². The number of phenols is 1. The minimum Gasteiger partial charge on any atom is -0.507 e. The molecule has 1 atom stereocenters. The van der Waals surface area contributed by atoms with Crippen molar-refractivity contribution >= 4 is 50.7 Å². The molecule has 0 fully saturated rings. The van der Waals surface area contributed by atoms with E-state index in [1.54, 1.807) is 12.1 Å². The maximum atomic E-state index is 13.3. The summed E-state index contributed by atoms with van der Waals surface area (Å²) < 4.78 is 1.30. The molecule has 4 rings (SSSR count). The Morgan fingerprint density at radius 3 is 2.61 bits per heavy atom. The van der Waals surface area contributed by atoms with Crippen molar-refractivity contribution in [1.82, 2.24) is 9.38 Å². The molecule has 0 saturated heterocycles. The van der Waals surface area contributed by atoms with Crippen molar-refractivity contribution in [2.24, 2.45) is 0 Å². The van der Waals surface area contributed by atoms with Gasteiger partial charge in [-0.25, -0.2) is 4.98 Å². The Morgan fingerprint density at radius 2 is 1.94 bits per heavy atom. The molecule has 1 aromatic carbocycles. The number of aliphatic carboxylic acids is 1. The monoisotopic (exact) mass is 454 g/mol. The lowest BCUT2D eigenvalue weighted by atomic mass is 10.0. The Kier molecular flexibility index (Phi) is 5.32. The lowest BCUT2D eigenvalue weighted by molar-refractivity contribution is -0.136. The normalized spacial score (nSPS) is 12.4. The Bertz CT molecular complexity index is 1440. The Morgan fingerprint density at radius 1 is 1.23 bits per heavy atom. The summed E-state index contributed by atoms with van der Waals surface area (Å²) in [5.41, 5.74) is 1.05. The molecule has 0 saturated carbocycles. The van der Waals surface area contributed by atoms with E-state index in [1.807, 2.05) is 13.8 Å². The number of para-hydroxylation sites is 1. The smallest absolute Gasteiger partial charge is 0.316 e. The zero-order valence-corrected chi connectivity index (χ0v) is 18.5. The number of carboxylic acid groups (broad SMARTS) is 1. The van der Waals surface area contributed by atoms with Gasteiger partial charge in [0.2, 0.25) is 0 Å². The fourth-order valence-electron chi connectivity index (χ4n) is 3.25. The zero-order chi connectivity index (χ0) is 22.4. The Hall–Kier alpha value is -3.17. The van der Waals surface area contributed by atoms with Crippen molar-refractivity contribution < 1.29 is 19.8 Å². The fraction of sp³-hybridized carbons (Fsp3) is 0.182. The predicted molar refractivity (Wildman–Crippen MR) is 121 cm³/mol. The molecule has 0 aliphatic carbocycles. The molecule has 4 aromatic rings. The van der Waals surface area contributed by atoms with Crippen molar-refractivity contribution in [3.8, 4) is 5.75 Å². The molecule has 0 unspecified atom stereocenters. The van der Waals surface area contributed by atoms with Gasteiger partial charge in [-0.15, -0.1) is 23.1 Å². The molecule has 7 nitrogen and oxygen atoms in total. The van der Waals surface area contributed by atoms with Gasteiger partial charge in [-0.05, 0) is 44.5 Å². The number of pyridine rings is 1. The van der Waals surface area contributed by atoms with Crippen LogP contribution in [0.2, 0.25) is 0 Å². The molecular formula is C22H18N2O5S2. The number of carboxylic acids is 1. The third kappa shape index (κ3) is 3.60. The molecule has 0 spiro atoms. The number of thioether (sulfide) groups is 1. The molecular weight excluding hydrogens is 436 g/mol. The lowest BCUT2D eigenvalue weighted by Gasteiger charge is -2.13. The molecule has 158 valence electrons. The van der Waals surface area contributed by atoms with E-state index in [9.17, 15) is 24.6 Å². The van der Waals surface area contributed by atoms with Crippen molar-refractivity contribution in [2.45, 2.75) is 30.9 Å². The molecule has 0 aliphatic rings. The van der Waals surface area contributed by atoms with E-state index < -0.39 is 17.0 Å². The van der Waals surface area contributed by atoms with Crippen molar-refractivity contribution in [1.29, 1.82) is 0 Å². The van der Waals surface area contributed by atoms with Gasteiger partial charge in [-0.2, -0.15) is 0 Å². The summed E-state index contributed by atoms with van der Waals surface area (Å²) in [4.78, 5) is 44.4. The van der Waals surface area contributed by atoms with Gasteiger partial charge in [0.15, 0.2) is 11.4 Å². The van der Waals surface area contributed by atoms with Crippen LogP contribution >= 0.6 is 23.1 Å². The molecule has 3 heterocycles. The standard InChI is InChI=1S/C22H18N2O5S2/c1-10-11(2)31-20-17(10)21(27)24-9-13(18(26)14-6-4-5-7-15(14)25)8-16(19(24)23-20)30-12(3)22(28)29/h4-9,12,25H,1-3H3,(H,28,29)/t12-/m1/s1. The SMILES string of the molecule is Cc1sc2nc3c(S[C@H](C)C(=O)O)cc(C(=O)c4ccccc4O)cn3c(=O)c2c1C. The van der Waals surface area contributed by atoms with Crippen LogP contribution < -0.4 is 5.56 Å². The highest BCUT2D eigenvalue weighted by Crippen LogP contribution is 2.32. The van der Waals surface area contributed by atoms with Crippen LogP contribution in [0.25, 0.3) is 15.9 Å². The number of hydrogen-bond donors (Lipinski definition) is 2. The summed E-state index contributed by atoms with van der Waals surface area (Å²) in [6, 6.07) is 7.66. The maximum absolute atomic E-state index is 13.3. The van der Waals surface area contributed by atoms with Gasteiger partial charge in [0.1, 0.15) is 15.8 Å². The van der Waals surface area contributed by atoms with Gasteiger partial charge in [0.25, 0.3) is 5.56 Å². The average Bonchev–Trinajstić information content (AvgIpc) is 3.02. The van der Waals surface area contributed by atoms with Crippen LogP contribution in [0.3, 0.4) is 0 Å². The maximum Gasteiger partial charge on any atom is 0.316 e. The van der Waals surface area contributed by atoms with Gasteiger partial charge in [0.05, 0.1) is 15.8 Å². The number of aromatic hydroxyl groups is 1. The minimum atomic E-state index is -1.02. The number of ketones is 1. The molecule has 3 aromatic heterocycles. The Labute approximate surface area is 185 Å². The number of fused-ring (bicyclic) bond motifs is 2. The highest BCUT2D eigenvalue weighted by Gasteiger charge is 2.22. The lowest BCUT2D eigenvalue weighted by Crippen LogP contribution is -2.19. The molecule has 2 N–H and O–H groups in total. The second-order valence-corrected chi connectivity index (χ2v) is 9.70. The summed E-state index contributed by atoms with van der Waals surface area (Å²) in [5, 5.41) is 19.1. The summed E-state index contributed by atoms with van der Waals surface area (Å²) in [7, 11) is 0. The van der Waals surface area contributed by atoms with Crippen LogP contribution in [0, 0.1) is 13.8 Å². The summed E-state index contributed by atoms with van der Waals surface area (Å²) in [6.45, 7) is 5.28. The highest BCUT2D eigenvalue weighted by atomic mass is 32.2. The number of benzene rings is 1. The number of carbonyl (C=O) groups excluding carboxylic acids is 1. The van der Waals surface area contributed by atoms with Gasteiger partial charge >= 0.3 is 5.97 Å². The van der Waals surface area contributed by atoms with Crippen molar-refractivity contribution in [3.05, 3.63) is 68.4 Å². The number of carbonyl (C=O) groups is 2. The van der Waals surface area contributed by atoms with E-state index in [0.717, 1.165) is 22.2 Å². The average molecular weight is 455 g/mol. The number of aryl methyl sites for hydroxylation is 2. The third-order valence-corrected chi connectivity index (χ3v) is 7.28. The number of hydrogen-bond acceptors (Lipinski definition) is 7. The van der Waals surface area contributed by atoms with E-state index >= 15 is 0 Å². The van der Waals surface area contributed by atoms with E-state index in [1.165, 1.54) is 47.1 Å². The van der Waals surface area contributed by atoms with Crippen LogP contribution in [-0.2, 0) is 4.79 Å². The van der Waals surface area contributed by atoms with Crippen LogP contribution in [0.4, 0.5) is 0 Å². The first-order valence-electron chi connectivity index (χ1n) is 9.37. The molecule has 0 amide bonds. The number of aromatic nitrogens is 2. The summed E-state index contributed by atoms with van der Waals surface area (Å²) >= 11 is 2.41. The first-order chi connectivity index (χ1) is 14.7. The Balaban J connectivity index is 2.03. The van der Waals surface area contributed by atoms with Crippen molar-refractivity contribution in [2.75, 3.05) is 0 Å². The molecule has 0 radical (unpaired) electrons. The largest absolute Gasteiger partial charge is 0.507 e. The van der Waals surface area contributed by atoms with Crippen LogP contribution in [0.5, 0.6) is 5.75 Å². The quantitative estimate of drug-likeness (QED) is 0.346. The molecule has 0 aliphatic heterocycles. The number of phenolic OH excluding ortho intramolecular Hbond substituents is 1. The predicted octanol–water partition coefficient (Wildman–Crippen LogP) is 4.03. The first-order valence-corrected chi connectivity index (χ1v) is 11.1. The van der Waals surface area contributed by atoms with Gasteiger partial charge < -0.3 is 10.2 Å². The third-order valence-electron chi connectivity index (χ3n) is 5.07. The highest BCUT2D eigenvalue weighted by molar-refractivity contribution is 8.00. The topological polar surface area (TPSA) is 109 Å². The molecule has 9 heteroatoms. The van der Waals surface area contributed by atoms with Gasteiger partial charge in [0, 0.05) is 16.6 Å². The van der Waals surface area contributed by atoms with E-state index in [2.05, 4.69) is 4.98 Å². The minimum absolute atomic E-state index is 0.0914. The molecule has 0 bridgehead atoms. The number of thiophene rings is 1. The number of nitrogens with zero attached hydrogens (tertiary/aromatic N) is 2. The second-order valence-electron chi connectivity index (χ2n) is 7.11. The van der Waals surface area contributed by atoms with Crippen LogP contribution in [0.1, 0.15) is 33.3 Å². The summed E-state index contributed by atoms with van der Waals surface area (Å²) in [5.74, 6) is -1.67. The zero-order valence-electron chi connectivity index (χ0n) is 16.9. The van der Waals surface area contributed by atoms with Crippen molar-refractivity contribution in [3.63, 3.8) is 0 Å². The molecule has 31 heavy (non-hydrogen) atoms. The fourth-order valence-corrected chi connectivity index (χ4v) is 5.20. The van der Waals surface area contributed by atoms with Gasteiger partial charge in [-0.1, -0.05) is 12.1 Å². The van der Waals surface area contributed by atoms with E-state index in [0.29, 0.717) is 20.8 Å². The van der Waals surface area contributed by atoms with Gasteiger partial charge in [-0.3, -0.25) is 18.8 Å². The van der Waals surface area contributed by atoms with E-state index in [-0.39, 0.29) is 22.4 Å². The summed E-state index contributed by atoms with van der Waals surface area (Å²) in [6.07, 6.45) is 1.40. The first kappa shape index (κ1) is 21.1. The van der Waals surface area contributed by atoms with Crippen LogP contribution in [0.15, 0.2) is 46.2 Å². The second kappa shape index (κ2) is 7.82. The van der Waals surface area contributed by atoms with Crippen LogP contribution in [-0.4, -0.2) is 36.6 Å².